The molecule has 17 heavy (non-hydrogen) atoms. The number of halogens is 1. The average molecular weight is 274 g/mol. The molecular formula is C11H16ClN3OS. The van der Waals surface area contributed by atoms with Gasteiger partial charge in [-0.2, -0.15) is 0 Å². The molecule has 1 fully saturated rings. The molecule has 4 nitrogen and oxygen atoms in total. The lowest BCUT2D eigenvalue weighted by atomic mass is 10.1. The molecular weight excluding hydrogens is 258 g/mol. The topological polar surface area (TPSA) is 46.1 Å². The van der Waals surface area contributed by atoms with Gasteiger partial charge in [-0.15, -0.1) is 0 Å². The smallest absolute Gasteiger partial charge is 0.137 e. The molecule has 2 rings (SSSR count). The first-order valence-corrected chi connectivity index (χ1v) is 7.68. The van der Waals surface area contributed by atoms with Crippen molar-refractivity contribution in [3.63, 3.8) is 0 Å². The van der Waals surface area contributed by atoms with Crippen molar-refractivity contribution in [1.82, 2.24) is 9.97 Å². The van der Waals surface area contributed by atoms with E-state index in [1.165, 1.54) is 6.33 Å². The van der Waals surface area contributed by atoms with Gasteiger partial charge in [0.15, 0.2) is 0 Å². The van der Waals surface area contributed by atoms with Crippen molar-refractivity contribution in [1.29, 1.82) is 0 Å². The zero-order valence-corrected chi connectivity index (χ0v) is 11.4. The van der Waals surface area contributed by atoms with Gasteiger partial charge in [-0.05, 0) is 6.42 Å². The minimum absolute atomic E-state index is 0.545. The van der Waals surface area contributed by atoms with Crippen LogP contribution in [0.1, 0.15) is 18.9 Å². The monoisotopic (exact) mass is 273 g/mol. The second-order valence-corrected chi connectivity index (χ2v) is 6.11. The molecule has 0 spiro atoms. The molecule has 0 aliphatic carbocycles. The predicted molar refractivity (Wildman–Crippen MR) is 71.1 cm³/mol. The number of aromatic nitrogens is 2. The Morgan fingerprint density at radius 1 is 1.41 bits per heavy atom. The summed E-state index contributed by atoms with van der Waals surface area (Å²) in [5.41, 5.74) is 1.02. The van der Waals surface area contributed by atoms with Gasteiger partial charge in [-0.1, -0.05) is 24.9 Å². The minimum atomic E-state index is -0.668. The van der Waals surface area contributed by atoms with E-state index in [0.29, 0.717) is 16.7 Å². The molecule has 0 unspecified atom stereocenters. The summed E-state index contributed by atoms with van der Waals surface area (Å²) in [6.45, 7) is 3.69. The van der Waals surface area contributed by atoms with Gasteiger partial charge in [0.2, 0.25) is 0 Å². The fourth-order valence-electron chi connectivity index (χ4n) is 1.97. The molecule has 0 N–H and O–H groups in total. The third kappa shape index (κ3) is 2.96. The lowest BCUT2D eigenvalue weighted by Crippen LogP contribution is -2.38. The second-order valence-electron chi connectivity index (χ2n) is 4.05. The van der Waals surface area contributed by atoms with Crippen molar-refractivity contribution < 1.29 is 4.21 Å². The van der Waals surface area contributed by atoms with E-state index in [0.717, 1.165) is 37.3 Å². The summed E-state index contributed by atoms with van der Waals surface area (Å²) in [7, 11) is -0.668. The Morgan fingerprint density at radius 2 is 2.12 bits per heavy atom. The Bertz CT molecular complexity index is 417. The molecule has 1 saturated heterocycles. The van der Waals surface area contributed by atoms with Crippen molar-refractivity contribution in [2.75, 3.05) is 29.5 Å². The molecule has 94 valence electrons. The molecule has 1 aromatic rings. The van der Waals surface area contributed by atoms with E-state index in [9.17, 15) is 4.21 Å². The Hall–Kier alpha value is -0.680. The fourth-order valence-corrected chi connectivity index (χ4v) is 3.24. The highest BCUT2D eigenvalue weighted by Crippen LogP contribution is 2.25. The number of hydrogen-bond donors (Lipinski definition) is 0. The lowest BCUT2D eigenvalue weighted by molar-refractivity contribution is 0.671. The molecule has 6 heteroatoms. The Balaban J connectivity index is 2.25. The van der Waals surface area contributed by atoms with Crippen LogP contribution in [-0.4, -0.2) is 38.8 Å². The molecule has 0 saturated carbocycles. The number of anilines is 1. The molecule has 0 aromatic carbocycles. The molecule has 1 aromatic heterocycles. The predicted octanol–water partition coefficient (Wildman–Crippen LogP) is 1.65. The molecule has 0 atom stereocenters. The van der Waals surface area contributed by atoms with Gasteiger partial charge < -0.3 is 4.90 Å². The van der Waals surface area contributed by atoms with Crippen molar-refractivity contribution in [2.24, 2.45) is 0 Å². The number of hydrogen-bond acceptors (Lipinski definition) is 4. The first-order valence-electron chi connectivity index (χ1n) is 5.81. The molecule has 0 bridgehead atoms. The van der Waals surface area contributed by atoms with Crippen molar-refractivity contribution in [3.05, 3.63) is 17.0 Å². The van der Waals surface area contributed by atoms with Crippen LogP contribution < -0.4 is 4.90 Å². The standard InChI is InChI=1S/C11H16ClN3OS/c1-2-3-9-10(12)13-8-14-11(9)15-4-6-17(16)7-5-15/h8H,2-7H2,1H3. The lowest BCUT2D eigenvalue weighted by Gasteiger charge is -2.29. The average Bonchev–Trinajstić information content (AvgIpc) is 2.33. The summed E-state index contributed by atoms with van der Waals surface area (Å²) < 4.78 is 11.3. The van der Waals surface area contributed by atoms with Crippen LogP contribution in [0.15, 0.2) is 6.33 Å². The number of nitrogens with zero attached hydrogens (tertiary/aromatic N) is 3. The minimum Gasteiger partial charge on any atom is -0.354 e. The largest absolute Gasteiger partial charge is 0.354 e. The third-order valence-corrected chi connectivity index (χ3v) is 4.45. The maximum Gasteiger partial charge on any atom is 0.137 e. The van der Waals surface area contributed by atoms with Crippen LogP contribution in [0, 0.1) is 0 Å². The second kappa shape index (κ2) is 5.78. The zero-order chi connectivity index (χ0) is 12.3. The highest BCUT2D eigenvalue weighted by Gasteiger charge is 2.20. The van der Waals surface area contributed by atoms with Crippen LogP contribution in [0.2, 0.25) is 5.15 Å². The maximum absolute atomic E-state index is 11.3. The first-order chi connectivity index (χ1) is 8.22. The van der Waals surface area contributed by atoms with E-state index in [1.54, 1.807) is 0 Å². The Kier molecular flexibility index (Phi) is 4.34. The van der Waals surface area contributed by atoms with E-state index in [1.807, 2.05) is 0 Å². The molecule has 0 radical (unpaired) electrons. The summed E-state index contributed by atoms with van der Waals surface area (Å²) in [4.78, 5) is 10.5. The van der Waals surface area contributed by atoms with E-state index in [2.05, 4.69) is 21.8 Å². The first kappa shape index (κ1) is 12.8. The zero-order valence-electron chi connectivity index (χ0n) is 9.86. The van der Waals surface area contributed by atoms with Gasteiger partial charge in [0.25, 0.3) is 0 Å². The van der Waals surface area contributed by atoms with E-state index < -0.39 is 10.8 Å². The van der Waals surface area contributed by atoms with Crippen LogP contribution in [0.25, 0.3) is 0 Å². The van der Waals surface area contributed by atoms with Crippen molar-refractivity contribution in [2.45, 2.75) is 19.8 Å². The summed E-state index contributed by atoms with van der Waals surface area (Å²) in [5.74, 6) is 2.35. The summed E-state index contributed by atoms with van der Waals surface area (Å²) in [6, 6.07) is 0. The summed E-state index contributed by atoms with van der Waals surface area (Å²) in [5, 5.41) is 0.545. The van der Waals surface area contributed by atoms with E-state index in [4.69, 9.17) is 11.6 Å². The summed E-state index contributed by atoms with van der Waals surface area (Å²) in [6.07, 6.45) is 3.40. The number of rotatable bonds is 3. The Morgan fingerprint density at radius 3 is 2.76 bits per heavy atom. The molecule has 1 aliphatic rings. The maximum atomic E-state index is 11.3. The van der Waals surface area contributed by atoms with Gasteiger partial charge in [-0.3, -0.25) is 4.21 Å². The van der Waals surface area contributed by atoms with Crippen LogP contribution in [0.5, 0.6) is 0 Å². The fraction of sp³-hybridized carbons (Fsp3) is 0.636. The van der Waals surface area contributed by atoms with E-state index >= 15 is 0 Å². The van der Waals surface area contributed by atoms with Crippen molar-refractivity contribution >= 4 is 28.2 Å². The SMILES string of the molecule is CCCc1c(Cl)ncnc1N1CCS(=O)CC1. The highest BCUT2D eigenvalue weighted by atomic mass is 35.5. The Labute approximate surface area is 109 Å². The third-order valence-electron chi connectivity index (χ3n) is 2.85. The molecule has 2 heterocycles. The van der Waals surface area contributed by atoms with Crippen LogP contribution >= 0.6 is 11.6 Å². The van der Waals surface area contributed by atoms with Gasteiger partial charge >= 0.3 is 0 Å². The van der Waals surface area contributed by atoms with Gasteiger partial charge in [-0.25, -0.2) is 9.97 Å². The van der Waals surface area contributed by atoms with Crippen LogP contribution in [-0.2, 0) is 17.2 Å². The highest BCUT2D eigenvalue weighted by molar-refractivity contribution is 7.85. The summed E-state index contributed by atoms with van der Waals surface area (Å²) >= 11 is 6.12. The molecule has 1 aliphatic heterocycles. The van der Waals surface area contributed by atoms with Crippen LogP contribution in [0.4, 0.5) is 5.82 Å². The normalized spacial score (nSPS) is 17.4. The van der Waals surface area contributed by atoms with Crippen LogP contribution in [0.3, 0.4) is 0 Å². The van der Waals surface area contributed by atoms with Gasteiger partial charge in [0.05, 0.1) is 0 Å². The quantitative estimate of drug-likeness (QED) is 0.786. The van der Waals surface area contributed by atoms with Crippen molar-refractivity contribution in [3.8, 4) is 0 Å². The van der Waals surface area contributed by atoms with Gasteiger partial charge in [0.1, 0.15) is 17.3 Å². The molecule has 0 amide bonds. The van der Waals surface area contributed by atoms with E-state index in [-0.39, 0.29) is 0 Å². The van der Waals surface area contributed by atoms with Gasteiger partial charge in [0, 0.05) is 41.0 Å².